The molecule has 1 saturated carbocycles. The summed E-state index contributed by atoms with van der Waals surface area (Å²) in [4.78, 5) is 25.8. The maximum Gasteiger partial charge on any atom is 0.235 e. The lowest BCUT2D eigenvalue weighted by molar-refractivity contribution is -0.115. The number of anilines is 1. The normalized spacial score (nSPS) is 19.5. The first kappa shape index (κ1) is 11.1. The van der Waals surface area contributed by atoms with E-state index in [0.29, 0.717) is 29.7 Å². The highest BCUT2D eigenvalue weighted by molar-refractivity contribution is 6.00. The second-order valence-corrected chi connectivity index (χ2v) is 4.80. The Balaban J connectivity index is 2.18. The van der Waals surface area contributed by atoms with E-state index in [2.05, 4.69) is 10.3 Å². The van der Waals surface area contributed by atoms with Crippen LogP contribution in [0.5, 0.6) is 0 Å². The van der Waals surface area contributed by atoms with Gasteiger partial charge in [-0.05, 0) is 37.0 Å². The summed E-state index contributed by atoms with van der Waals surface area (Å²) in [6, 6.07) is 2.72. The van der Waals surface area contributed by atoms with Crippen LogP contribution in [0.25, 0.3) is 0 Å². The third-order valence-corrected chi connectivity index (χ3v) is 3.74. The number of nitrogens with zero attached hydrogens (tertiary/aromatic N) is 1. The highest BCUT2D eigenvalue weighted by Crippen LogP contribution is 2.49. The van der Waals surface area contributed by atoms with Crippen LogP contribution in [-0.2, 0) is 21.5 Å². The quantitative estimate of drug-likeness (QED) is 0.641. The number of amides is 1. The summed E-state index contributed by atoms with van der Waals surface area (Å²) < 4.78 is 13.6. The van der Waals surface area contributed by atoms with Crippen molar-refractivity contribution in [1.29, 1.82) is 0 Å². The molecule has 0 unspecified atom stereocenters. The van der Waals surface area contributed by atoms with Gasteiger partial charge in [0.05, 0.1) is 12.1 Å². The van der Waals surface area contributed by atoms with Crippen LogP contribution in [0.4, 0.5) is 10.1 Å². The first-order chi connectivity index (χ1) is 8.64. The number of rotatable bonds is 2. The fourth-order valence-electron chi connectivity index (χ4n) is 2.71. The molecule has 0 saturated heterocycles. The van der Waals surface area contributed by atoms with Crippen molar-refractivity contribution in [1.82, 2.24) is 0 Å². The number of aliphatic imine (C=N–C) groups is 1. The number of fused-ring (bicyclic) bond motifs is 1. The Hall–Kier alpha value is -2.00. The zero-order chi connectivity index (χ0) is 12.8. The van der Waals surface area contributed by atoms with Crippen LogP contribution in [0.3, 0.4) is 0 Å². The monoisotopic (exact) mass is 246 g/mol. The molecule has 1 amide bonds. The largest absolute Gasteiger partial charge is 0.325 e. The lowest BCUT2D eigenvalue weighted by Gasteiger charge is -2.38. The fraction of sp³-hybridized carbons (Fsp3) is 0.385. The van der Waals surface area contributed by atoms with Crippen molar-refractivity contribution < 1.29 is 14.0 Å². The molecule has 4 nitrogen and oxygen atoms in total. The van der Waals surface area contributed by atoms with Crippen LogP contribution in [0.15, 0.2) is 17.1 Å². The topological polar surface area (TPSA) is 58.5 Å². The van der Waals surface area contributed by atoms with Crippen LogP contribution in [-0.4, -0.2) is 12.0 Å². The van der Waals surface area contributed by atoms with Crippen molar-refractivity contribution in [2.75, 3.05) is 5.32 Å². The van der Waals surface area contributed by atoms with Crippen molar-refractivity contribution in [3.63, 3.8) is 0 Å². The number of isocyanates is 1. The molecule has 5 heteroatoms. The lowest BCUT2D eigenvalue weighted by atomic mass is 9.71. The fourth-order valence-corrected chi connectivity index (χ4v) is 2.71. The van der Waals surface area contributed by atoms with Gasteiger partial charge in [-0.1, -0.05) is 0 Å². The van der Waals surface area contributed by atoms with E-state index < -0.39 is 11.4 Å². The molecular formula is C13H11FN2O2. The molecule has 92 valence electrons. The third-order valence-electron chi connectivity index (χ3n) is 3.74. The van der Waals surface area contributed by atoms with Gasteiger partial charge in [-0.25, -0.2) is 9.18 Å². The van der Waals surface area contributed by atoms with Crippen LogP contribution in [0.2, 0.25) is 0 Å². The van der Waals surface area contributed by atoms with Crippen LogP contribution in [0, 0.1) is 5.82 Å². The second-order valence-electron chi connectivity index (χ2n) is 4.80. The number of carbonyl (C=O) groups is 1. The van der Waals surface area contributed by atoms with Gasteiger partial charge >= 0.3 is 0 Å². The molecule has 1 aromatic carbocycles. The molecule has 0 atom stereocenters. The number of hydrogen-bond donors (Lipinski definition) is 1. The minimum atomic E-state index is -0.689. The van der Waals surface area contributed by atoms with Crippen LogP contribution in [0.1, 0.15) is 30.4 Å². The van der Waals surface area contributed by atoms with Crippen LogP contribution >= 0.6 is 0 Å². The van der Waals surface area contributed by atoms with Gasteiger partial charge in [0.15, 0.2) is 0 Å². The number of hydrogen-bond acceptors (Lipinski definition) is 3. The summed E-state index contributed by atoms with van der Waals surface area (Å²) >= 11 is 0. The molecule has 1 aliphatic heterocycles. The minimum Gasteiger partial charge on any atom is -0.325 e. The summed E-state index contributed by atoms with van der Waals surface area (Å²) in [6.45, 7) is 0. The Bertz CT molecular complexity index is 587. The molecule has 2 aliphatic rings. The Morgan fingerprint density at radius 2 is 2.17 bits per heavy atom. The number of halogens is 1. The molecule has 3 rings (SSSR count). The van der Waals surface area contributed by atoms with E-state index in [1.54, 1.807) is 6.08 Å². The maximum atomic E-state index is 13.6. The first-order valence-electron chi connectivity index (χ1n) is 5.86. The highest BCUT2D eigenvalue weighted by Gasteiger charge is 2.42. The van der Waals surface area contributed by atoms with Crippen molar-refractivity contribution in [3.8, 4) is 0 Å². The van der Waals surface area contributed by atoms with Crippen molar-refractivity contribution >= 4 is 17.7 Å². The summed E-state index contributed by atoms with van der Waals surface area (Å²) in [6.07, 6.45) is 4.06. The molecule has 0 bridgehead atoms. The molecule has 1 aliphatic carbocycles. The lowest BCUT2D eigenvalue weighted by Crippen LogP contribution is -2.33. The zero-order valence-corrected chi connectivity index (χ0v) is 9.62. The number of nitrogens with one attached hydrogen (secondary N) is 1. The zero-order valence-electron chi connectivity index (χ0n) is 9.62. The van der Waals surface area contributed by atoms with Gasteiger partial charge in [0, 0.05) is 5.56 Å². The smallest absolute Gasteiger partial charge is 0.235 e. The predicted molar refractivity (Wildman–Crippen MR) is 62.4 cm³/mol. The molecule has 0 spiro atoms. The van der Waals surface area contributed by atoms with E-state index in [1.807, 2.05) is 0 Å². The highest BCUT2D eigenvalue weighted by atomic mass is 19.1. The van der Waals surface area contributed by atoms with E-state index in [9.17, 15) is 14.0 Å². The van der Waals surface area contributed by atoms with Gasteiger partial charge in [-0.2, -0.15) is 4.99 Å². The third kappa shape index (κ3) is 1.48. The average molecular weight is 246 g/mol. The van der Waals surface area contributed by atoms with Gasteiger partial charge in [-0.15, -0.1) is 0 Å². The van der Waals surface area contributed by atoms with Gasteiger partial charge < -0.3 is 5.32 Å². The molecule has 0 radical (unpaired) electrons. The maximum absolute atomic E-state index is 13.6. The van der Waals surface area contributed by atoms with E-state index in [4.69, 9.17) is 0 Å². The van der Waals surface area contributed by atoms with Gasteiger partial charge in [0.2, 0.25) is 12.0 Å². The molecule has 0 aromatic heterocycles. The molecule has 1 fully saturated rings. The molecule has 1 aromatic rings. The van der Waals surface area contributed by atoms with Crippen LogP contribution < -0.4 is 5.32 Å². The molecule has 18 heavy (non-hydrogen) atoms. The van der Waals surface area contributed by atoms with Crippen molar-refractivity contribution in [3.05, 3.63) is 29.1 Å². The summed E-state index contributed by atoms with van der Waals surface area (Å²) in [5.74, 6) is -0.547. The van der Waals surface area contributed by atoms with E-state index >= 15 is 0 Å². The average Bonchev–Trinajstić information content (AvgIpc) is 2.62. The standard InChI is InChI=1S/C13H11FN2O2/c14-9-4-8-5-11(18)16-12(8)10(6-9)13(15-7-17)2-1-3-13/h4,6H,1-3,5H2,(H,16,18). The van der Waals surface area contributed by atoms with Crippen molar-refractivity contribution in [2.24, 2.45) is 4.99 Å². The predicted octanol–water partition coefficient (Wildman–Crippen LogP) is 2.04. The SMILES string of the molecule is O=C=NC1(c2cc(F)cc3c2NC(=O)C3)CCC1. The molecule has 1 N–H and O–H groups in total. The Kier molecular flexibility index (Phi) is 2.31. The van der Waals surface area contributed by atoms with Crippen molar-refractivity contribution in [2.45, 2.75) is 31.2 Å². The minimum absolute atomic E-state index is 0.151. The number of benzene rings is 1. The summed E-state index contributed by atoms with van der Waals surface area (Å²) in [5, 5.41) is 2.73. The Labute approximate surface area is 103 Å². The van der Waals surface area contributed by atoms with Gasteiger partial charge in [-0.3, -0.25) is 4.79 Å². The summed E-state index contributed by atoms with van der Waals surface area (Å²) in [5.41, 5.74) is 1.19. The molecule has 1 heterocycles. The van der Waals surface area contributed by atoms with Gasteiger partial charge in [0.1, 0.15) is 11.4 Å². The molecular weight excluding hydrogens is 235 g/mol. The van der Waals surface area contributed by atoms with E-state index in [1.165, 1.54) is 12.1 Å². The van der Waals surface area contributed by atoms with E-state index in [0.717, 1.165) is 6.42 Å². The van der Waals surface area contributed by atoms with Gasteiger partial charge in [0.25, 0.3) is 0 Å². The Morgan fingerprint density at radius 3 is 2.78 bits per heavy atom. The second kappa shape index (κ2) is 3.75. The number of carbonyl (C=O) groups excluding carboxylic acids is 2. The van der Waals surface area contributed by atoms with E-state index in [-0.39, 0.29) is 12.3 Å². The first-order valence-corrected chi connectivity index (χ1v) is 5.86. The Morgan fingerprint density at radius 1 is 1.39 bits per heavy atom. The summed E-state index contributed by atoms with van der Waals surface area (Å²) in [7, 11) is 0.